The second-order valence-corrected chi connectivity index (χ2v) is 9.60. The third-order valence-electron chi connectivity index (χ3n) is 7.08. The number of aromatic hydroxyl groups is 1. The van der Waals surface area contributed by atoms with Crippen LogP contribution in [-0.2, 0) is 15.7 Å². The minimum Gasteiger partial charge on any atom is -0.507 e. The average Bonchev–Trinajstić information content (AvgIpc) is 3.73. The van der Waals surface area contributed by atoms with Gasteiger partial charge in [-0.1, -0.05) is 5.16 Å². The van der Waals surface area contributed by atoms with Gasteiger partial charge in [-0.3, -0.25) is 14.0 Å². The van der Waals surface area contributed by atoms with Crippen LogP contribution in [-0.4, -0.2) is 85.6 Å². The molecular formula is C26H23F3N6O6. The highest BCUT2D eigenvalue weighted by Crippen LogP contribution is 2.37. The lowest BCUT2D eigenvalue weighted by Gasteiger charge is -2.36. The van der Waals surface area contributed by atoms with E-state index in [0.717, 1.165) is 6.26 Å². The maximum absolute atomic E-state index is 13.3. The molecule has 15 heteroatoms. The Kier molecular flexibility index (Phi) is 6.73. The lowest BCUT2D eigenvalue weighted by molar-refractivity contribution is -0.142. The van der Waals surface area contributed by atoms with E-state index in [1.807, 2.05) is 0 Å². The number of hydrogen-bond acceptors (Lipinski definition) is 9. The highest BCUT2D eigenvalue weighted by Gasteiger charge is 2.39. The smallest absolute Gasteiger partial charge is 0.437 e. The summed E-state index contributed by atoms with van der Waals surface area (Å²) in [6.07, 6.45) is 0.781. The Morgan fingerprint density at radius 2 is 1.88 bits per heavy atom. The number of ether oxygens (including phenoxy) is 2. The van der Waals surface area contributed by atoms with Crippen LogP contribution in [0, 0.1) is 5.92 Å². The zero-order chi connectivity index (χ0) is 28.7. The summed E-state index contributed by atoms with van der Waals surface area (Å²) in [4.78, 5) is 37.3. The van der Waals surface area contributed by atoms with Gasteiger partial charge >= 0.3 is 6.18 Å². The average molecular weight is 572 g/mol. The van der Waals surface area contributed by atoms with Gasteiger partial charge in [0.1, 0.15) is 17.8 Å². The van der Waals surface area contributed by atoms with E-state index in [4.69, 9.17) is 9.47 Å². The number of carbonyl (C=O) groups is 2. The normalized spacial score (nSPS) is 17.8. The maximum atomic E-state index is 13.3. The van der Waals surface area contributed by atoms with Gasteiger partial charge in [0, 0.05) is 51.2 Å². The van der Waals surface area contributed by atoms with Crippen molar-refractivity contribution in [2.24, 2.45) is 5.92 Å². The first-order valence-electron chi connectivity index (χ1n) is 12.7. The number of halogens is 3. The van der Waals surface area contributed by atoms with Crippen molar-refractivity contribution in [3.63, 3.8) is 0 Å². The molecule has 0 radical (unpaired) electrons. The summed E-state index contributed by atoms with van der Waals surface area (Å²) >= 11 is 0. The van der Waals surface area contributed by atoms with Gasteiger partial charge in [-0.2, -0.15) is 13.2 Å². The van der Waals surface area contributed by atoms with E-state index in [0.29, 0.717) is 45.8 Å². The number of rotatable bonds is 5. The van der Waals surface area contributed by atoms with E-state index in [2.05, 4.69) is 19.6 Å². The second-order valence-electron chi connectivity index (χ2n) is 9.60. The minimum absolute atomic E-state index is 0.0365. The predicted molar refractivity (Wildman–Crippen MR) is 133 cm³/mol. The molecule has 2 fully saturated rings. The Morgan fingerprint density at radius 1 is 1.10 bits per heavy atom. The fraction of sp³-hybridized carbons (Fsp3) is 0.346. The third kappa shape index (κ3) is 5.03. The van der Waals surface area contributed by atoms with E-state index in [1.165, 1.54) is 41.2 Å². The predicted octanol–water partition coefficient (Wildman–Crippen LogP) is 3.22. The number of alkyl halides is 3. The van der Waals surface area contributed by atoms with Crippen LogP contribution < -0.4 is 4.74 Å². The fourth-order valence-corrected chi connectivity index (χ4v) is 4.94. The van der Waals surface area contributed by atoms with Crippen molar-refractivity contribution < 1.29 is 41.9 Å². The summed E-state index contributed by atoms with van der Waals surface area (Å²) in [6.45, 7) is 2.44. The van der Waals surface area contributed by atoms with E-state index in [1.54, 1.807) is 9.80 Å². The van der Waals surface area contributed by atoms with E-state index >= 15 is 0 Å². The molecule has 2 amide bonds. The van der Waals surface area contributed by atoms with Gasteiger partial charge in [-0.15, -0.1) is 0 Å². The first kappa shape index (κ1) is 26.6. The molecule has 6 rings (SSSR count). The number of amides is 2. The zero-order valence-electron chi connectivity index (χ0n) is 21.4. The molecule has 1 N–H and O–H groups in total. The van der Waals surface area contributed by atoms with Crippen molar-refractivity contribution in [1.82, 2.24) is 29.3 Å². The molecule has 0 bridgehead atoms. The Labute approximate surface area is 229 Å². The minimum atomic E-state index is -4.73. The van der Waals surface area contributed by atoms with E-state index < -0.39 is 17.8 Å². The van der Waals surface area contributed by atoms with E-state index in [-0.39, 0.29) is 51.7 Å². The largest absolute Gasteiger partial charge is 0.507 e. The van der Waals surface area contributed by atoms with Crippen molar-refractivity contribution in [3.05, 3.63) is 54.3 Å². The van der Waals surface area contributed by atoms with Gasteiger partial charge in [0.2, 0.25) is 11.6 Å². The first-order chi connectivity index (χ1) is 19.7. The molecule has 0 aliphatic carbocycles. The summed E-state index contributed by atoms with van der Waals surface area (Å²) in [6, 6.07) is 4.11. The lowest BCUT2D eigenvalue weighted by atomic mass is 10.1. The van der Waals surface area contributed by atoms with Gasteiger partial charge in [-0.25, -0.2) is 9.97 Å². The number of aromatic nitrogens is 4. The SMILES string of the molecule is O=C(c1ccc(Oc2nccn3c(-c4conc4C(F)(F)F)cnc23)cc1O)N1CCN(C(=O)[C@@H]2CCOC2)CC1. The number of piperazine rings is 1. The lowest BCUT2D eigenvalue weighted by Crippen LogP contribution is -2.52. The molecule has 1 atom stereocenters. The standard InChI is InChI=1S/C26H23F3N6O6/c27-26(28,29)21-18(14-40-32-21)19-12-31-22-23(30-4-5-35(19)22)41-16-1-2-17(20(36)11-16)25(38)34-8-6-33(7-9-34)24(37)15-3-10-39-13-15/h1-2,4-5,11-12,14-15,36H,3,6-10,13H2/t15-/m1/s1. The number of nitrogens with zero attached hydrogens (tertiary/aromatic N) is 6. The topological polar surface area (TPSA) is 136 Å². The molecule has 41 heavy (non-hydrogen) atoms. The number of carbonyl (C=O) groups excluding carboxylic acids is 2. The van der Waals surface area contributed by atoms with Crippen molar-refractivity contribution in [2.45, 2.75) is 12.6 Å². The summed E-state index contributed by atoms with van der Waals surface area (Å²) in [5.74, 6) is -0.741. The van der Waals surface area contributed by atoms with Gasteiger partial charge in [0.25, 0.3) is 11.8 Å². The van der Waals surface area contributed by atoms with E-state index in [9.17, 15) is 27.9 Å². The van der Waals surface area contributed by atoms with Gasteiger partial charge in [-0.05, 0) is 18.6 Å². The number of phenolic OH excluding ortho intramolecular Hbond substituents is 1. The Hall–Kier alpha value is -4.66. The molecule has 12 nitrogen and oxygen atoms in total. The van der Waals surface area contributed by atoms with Crippen molar-refractivity contribution in [1.29, 1.82) is 0 Å². The summed E-state index contributed by atoms with van der Waals surface area (Å²) in [7, 11) is 0. The first-order valence-corrected chi connectivity index (χ1v) is 12.7. The molecule has 3 aromatic heterocycles. The fourth-order valence-electron chi connectivity index (χ4n) is 4.94. The maximum Gasteiger partial charge on any atom is 0.437 e. The molecule has 214 valence electrons. The molecule has 2 aliphatic rings. The molecule has 5 heterocycles. The zero-order valence-corrected chi connectivity index (χ0v) is 21.4. The molecule has 0 unspecified atom stereocenters. The van der Waals surface area contributed by atoms with Crippen LogP contribution in [0.2, 0.25) is 0 Å². The Bertz CT molecular complexity index is 1600. The molecule has 4 aromatic rings. The number of phenols is 1. The van der Waals surface area contributed by atoms with Crippen LogP contribution in [0.3, 0.4) is 0 Å². The summed E-state index contributed by atoms with van der Waals surface area (Å²) < 4.78 is 57.0. The Balaban J connectivity index is 1.16. The highest BCUT2D eigenvalue weighted by atomic mass is 19.4. The molecular weight excluding hydrogens is 549 g/mol. The van der Waals surface area contributed by atoms with Crippen LogP contribution in [0.15, 0.2) is 47.6 Å². The van der Waals surface area contributed by atoms with Gasteiger partial charge < -0.3 is 28.9 Å². The molecule has 2 aliphatic heterocycles. The summed E-state index contributed by atoms with van der Waals surface area (Å²) in [5.41, 5.74) is -1.28. The number of benzene rings is 1. The second kappa shape index (κ2) is 10.4. The van der Waals surface area contributed by atoms with Crippen LogP contribution in [0.1, 0.15) is 22.5 Å². The summed E-state index contributed by atoms with van der Waals surface area (Å²) in [5, 5.41) is 13.7. The van der Waals surface area contributed by atoms with Crippen molar-refractivity contribution in [2.75, 3.05) is 39.4 Å². The van der Waals surface area contributed by atoms with Crippen molar-refractivity contribution in [3.8, 4) is 28.6 Å². The van der Waals surface area contributed by atoms with Crippen molar-refractivity contribution >= 4 is 17.5 Å². The van der Waals surface area contributed by atoms with Crippen LogP contribution in [0.5, 0.6) is 17.4 Å². The highest BCUT2D eigenvalue weighted by molar-refractivity contribution is 5.97. The monoisotopic (exact) mass is 572 g/mol. The van der Waals surface area contributed by atoms with Crippen LogP contribution >= 0.6 is 0 Å². The van der Waals surface area contributed by atoms with Crippen LogP contribution in [0.25, 0.3) is 16.9 Å². The quantitative estimate of drug-likeness (QED) is 0.382. The third-order valence-corrected chi connectivity index (χ3v) is 7.08. The number of imidazole rings is 1. The molecule has 1 aromatic carbocycles. The van der Waals surface area contributed by atoms with Crippen LogP contribution in [0.4, 0.5) is 13.2 Å². The number of hydrogen-bond donors (Lipinski definition) is 1. The molecule has 0 saturated carbocycles. The molecule has 0 spiro atoms. The van der Waals surface area contributed by atoms with Gasteiger partial charge in [0.05, 0.1) is 35.5 Å². The van der Waals surface area contributed by atoms with Gasteiger partial charge in [0.15, 0.2) is 5.69 Å². The molecule has 2 saturated heterocycles. The number of fused-ring (bicyclic) bond motifs is 1. The Morgan fingerprint density at radius 3 is 2.59 bits per heavy atom.